The summed E-state index contributed by atoms with van der Waals surface area (Å²) in [6, 6.07) is 0.967. The minimum absolute atomic E-state index is 0.0140. The van der Waals surface area contributed by atoms with Crippen LogP contribution in [0.15, 0.2) is 17.0 Å². The summed E-state index contributed by atoms with van der Waals surface area (Å²) >= 11 is 14.2. The van der Waals surface area contributed by atoms with E-state index in [0.717, 1.165) is 0 Å². The first-order valence-corrected chi connectivity index (χ1v) is 12.0. The van der Waals surface area contributed by atoms with Crippen LogP contribution in [0.25, 0.3) is 6.08 Å². The fraction of sp³-hybridized carbons (Fsp3) is 0.455. The number of amides is 2. The number of Topliss-reactive ketones (excluding diaryl/α,β-unsaturated/α-hetero) is 1. The summed E-state index contributed by atoms with van der Waals surface area (Å²) in [7, 11) is 1.27. The van der Waals surface area contributed by atoms with E-state index in [-0.39, 0.29) is 23.5 Å². The number of hydrogen-bond donors (Lipinski definition) is 1. The van der Waals surface area contributed by atoms with Gasteiger partial charge in [-0.1, -0.05) is 23.2 Å². The normalized spacial score (nSPS) is 17.8. The van der Waals surface area contributed by atoms with E-state index in [0.29, 0.717) is 64.2 Å². The Bertz CT molecular complexity index is 974. The van der Waals surface area contributed by atoms with E-state index in [1.54, 1.807) is 24.0 Å². The van der Waals surface area contributed by atoms with Crippen LogP contribution in [-0.4, -0.2) is 60.5 Å². The molecule has 10 heteroatoms. The highest BCUT2D eigenvalue weighted by molar-refractivity contribution is 7.99. The number of thioether (sulfide) groups is 1. The molecule has 1 aromatic carbocycles. The Hall–Kier alpha value is -2.03. The predicted octanol–water partition coefficient (Wildman–Crippen LogP) is 3.60. The quantitative estimate of drug-likeness (QED) is 0.492. The number of rotatable bonds is 5. The predicted molar refractivity (Wildman–Crippen MR) is 124 cm³/mol. The number of hydrogen-bond acceptors (Lipinski definition) is 6. The number of nitrogens with one attached hydrogen (secondary N) is 1. The summed E-state index contributed by atoms with van der Waals surface area (Å²) in [5.41, 5.74) is 1.06. The molecule has 0 aromatic heterocycles. The number of piperidine rings is 1. The highest BCUT2D eigenvalue weighted by Gasteiger charge is 2.29. The number of carbonyl (C=O) groups excluding carboxylic acids is 4. The molecule has 0 saturated carbocycles. The zero-order valence-corrected chi connectivity index (χ0v) is 20.1. The van der Waals surface area contributed by atoms with Crippen molar-refractivity contribution in [2.24, 2.45) is 5.92 Å². The average molecular weight is 499 g/mol. The molecule has 0 bridgehead atoms. The molecule has 2 aliphatic rings. The maximum Gasteiger partial charge on any atom is 0.328 e. The molecule has 172 valence electrons. The Kier molecular flexibility index (Phi) is 8.25. The number of likely N-dealkylation sites (tertiary alicyclic amines) is 1. The molecule has 1 saturated heterocycles. The van der Waals surface area contributed by atoms with Gasteiger partial charge in [-0.3, -0.25) is 14.4 Å². The fourth-order valence-electron chi connectivity index (χ4n) is 3.67. The molecule has 2 amide bonds. The van der Waals surface area contributed by atoms with Crippen LogP contribution in [0.1, 0.15) is 42.1 Å². The van der Waals surface area contributed by atoms with E-state index in [1.807, 2.05) is 0 Å². The SMILES string of the molecule is COC(=O)[C@H](C)NC(=O)C1CCN(C(=O)/C=C/c2cc3c(c(Cl)c2Cl)SCCC3=O)CC1. The number of nitrogens with zero attached hydrogens (tertiary/aromatic N) is 1. The third-order valence-corrected chi connectivity index (χ3v) is 7.68. The van der Waals surface area contributed by atoms with Gasteiger partial charge in [0.15, 0.2) is 5.78 Å². The number of benzene rings is 1. The van der Waals surface area contributed by atoms with E-state index < -0.39 is 12.0 Å². The van der Waals surface area contributed by atoms with Crippen LogP contribution in [0, 0.1) is 5.92 Å². The van der Waals surface area contributed by atoms with Crippen LogP contribution in [0.3, 0.4) is 0 Å². The maximum absolute atomic E-state index is 12.6. The molecule has 3 rings (SSSR count). The lowest BCUT2D eigenvalue weighted by atomic mass is 9.95. The molecule has 0 aliphatic carbocycles. The molecule has 0 spiro atoms. The molecule has 0 radical (unpaired) electrons. The summed E-state index contributed by atoms with van der Waals surface area (Å²) in [6.07, 6.45) is 4.41. The van der Waals surface area contributed by atoms with Crippen molar-refractivity contribution in [3.8, 4) is 0 Å². The van der Waals surface area contributed by atoms with Crippen molar-refractivity contribution < 1.29 is 23.9 Å². The molecule has 1 aromatic rings. The van der Waals surface area contributed by atoms with Gasteiger partial charge < -0.3 is 15.0 Å². The van der Waals surface area contributed by atoms with Crippen molar-refractivity contribution in [2.75, 3.05) is 26.0 Å². The lowest BCUT2D eigenvalue weighted by Gasteiger charge is -2.31. The van der Waals surface area contributed by atoms with Gasteiger partial charge in [-0.15, -0.1) is 11.8 Å². The van der Waals surface area contributed by atoms with Gasteiger partial charge in [-0.2, -0.15) is 0 Å². The topological polar surface area (TPSA) is 92.8 Å². The zero-order valence-electron chi connectivity index (χ0n) is 17.8. The van der Waals surface area contributed by atoms with Crippen LogP contribution >= 0.6 is 35.0 Å². The van der Waals surface area contributed by atoms with Gasteiger partial charge in [-0.25, -0.2) is 4.79 Å². The highest BCUT2D eigenvalue weighted by atomic mass is 35.5. The lowest BCUT2D eigenvalue weighted by molar-refractivity contribution is -0.145. The molecule has 2 aliphatic heterocycles. The molecule has 1 fully saturated rings. The number of ether oxygens (including phenoxy) is 1. The summed E-state index contributed by atoms with van der Waals surface area (Å²) in [5, 5.41) is 3.29. The van der Waals surface area contributed by atoms with Gasteiger partial charge in [-0.05, 0) is 37.5 Å². The number of methoxy groups -OCH3 is 1. The average Bonchev–Trinajstić information content (AvgIpc) is 2.80. The van der Waals surface area contributed by atoms with Crippen molar-refractivity contribution in [1.82, 2.24) is 10.2 Å². The van der Waals surface area contributed by atoms with Crippen molar-refractivity contribution in [3.05, 3.63) is 33.3 Å². The second-order valence-electron chi connectivity index (χ2n) is 7.68. The standard InChI is InChI=1S/C22H24Cl2N2O5S/c1-12(22(30)31-2)25-21(29)13-5-8-26(9-6-13)17(28)4-3-14-11-15-16(27)7-10-32-20(15)19(24)18(14)23/h3-4,11-13H,5-10H2,1-2H3,(H,25,29)/b4-3+/t12-/m0/s1. The van der Waals surface area contributed by atoms with E-state index in [2.05, 4.69) is 10.1 Å². The Morgan fingerprint density at radius 2 is 1.94 bits per heavy atom. The lowest BCUT2D eigenvalue weighted by Crippen LogP contribution is -2.46. The number of halogens is 2. The summed E-state index contributed by atoms with van der Waals surface area (Å²) in [5.74, 6) is -0.517. The third-order valence-electron chi connectivity index (χ3n) is 5.56. The Morgan fingerprint density at radius 3 is 2.59 bits per heavy atom. The summed E-state index contributed by atoms with van der Waals surface area (Å²) in [4.78, 5) is 51.0. The number of esters is 1. The third kappa shape index (κ3) is 5.47. The number of carbonyl (C=O) groups is 4. The second-order valence-corrected chi connectivity index (χ2v) is 9.54. The van der Waals surface area contributed by atoms with Gasteiger partial charge in [0.2, 0.25) is 11.8 Å². The van der Waals surface area contributed by atoms with Gasteiger partial charge >= 0.3 is 5.97 Å². The Balaban J connectivity index is 1.60. The molecule has 1 N–H and O–H groups in total. The van der Waals surface area contributed by atoms with Gasteiger partial charge in [0, 0.05) is 47.7 Å². The molecule has 32 heavy (non-hydrogen) atoms. The monoisotopic (exact) mass is 498 g/mol. The summed E-state index contributed by atoms with van der Waals surface area (Å²) in [6.45, 7) is 2.40. The molecule has 7 nitrogen and oxygen atoms in total. The van der Waals surface area contributed by atoms with Crippen molar-refractivity contribution in [2.45, 2.75) is 37.1 Å². The first kappa shape index (κ1) is 24.6. The van der Waals surface area contributed by atoms with Crippen molar-refractivity contribution in [3.63, 3.8) is 0 Å². The van der Waals surface area contributed by atoms with Crippen LogP contribution in [0.2, 0.25) is 10.0 Å². The Morgan fingerprint density at radius 1 is 1.25 bits per heavy atom. The van der Waals surface area contributed by atoms with Crippen LogP contribution in [-0.2, 0) is 19.1 Å². The van der Waals surface area contributed by atoms with E-state index in [9.17, 15) is 19.2 Å². The van der Waals surface area contributed by atoms with Crippen LogP contribution < -0.4 is 5.32 Å². The van der Waals surface area contributed by atoms with E-state index in [1.165, 1.54) is 24.9 Å². The summed E-state index contributed by atoms with van der Waals surface area (Å²) < 4.78 is 4.61. The maximum atomic E-state index is 12.6. The largest absolute Gasteiger partial charge is 0.467 e. The first-order chi connectivity index (χ1) is 15.2. The van der Waals surface area contributed by atoms with E-state index in [4.69, 9.17) is 23.2 Å². The highest BCUT2D eigenvalue weighted by Crippen LogP contribution is 2.42. The second kappa shape index (κ2) is 10.7. The molecule has 0 unspecified atom stereocenters. The zero-order chi connectivity index (χ0) is 23.4. The van der Waals surface area contributed by atoms with Crippen LogP contribution in [0.4, 0.5) is 0 Å². The minimum Gasteiger partial charge on any atom is -0.467 e. The fourth-order valence-corrected chi connectivity index (χ4v) is 5.37. The van der Waals surface area contributed by atoms with Crippen molar-refractivity contribution >= 4 is 64.6 Å². The van der Waals surface area contributed by atoms with Crippen LogP contribution in [0.5, 0.6) is 0 Å². The van der Waals surface area contributed by atoms with E-state index >= 15 is 0 Å². The first-order valence-electron chi connectivity index (χ1n) is 10.3. The van der Waals surface area contributed by atoms with Gasteiger partial charge in [0.25, 0.3) is 0 Å². The van der Waals surface area contributed by atoms with Gasteiger partial charge in [0.1, 0.15) is 6.04 Å². The Labute approximate surface area is 200 Å². The number of fused-ring (bicyclic) bond motifs is 1. The molecular formula is C22H24Cl2N2O5S. The molecule has 2 heterocycles. The minimum atomic E-state index is -0.714. The van der Waals surface area contributed by atoms with Crippen molar-refractivity contribution in [1.29, 1.82) is 0 Å². The molecular weight excluding hydrogens is 475 g/mol. The number of ketones is 1. The van der Waals surface area contributed by atoms with Gasteiger partial charge in [0.05, 0.1) is 17.2 Å². The smallest absolute Gasteiger partial charge is 0.328 e. The molecule has 1 atom stereocenters.